The van der Waals surface area contributed by atoms with Gasteiger partial charge in [0.1, 0.15) is 0 Å². The molecule has 0 spiro atoms. The highest BCUT2D eigenvalue weighted by molar-refractivity contribution is 5.69. The molecule has 0 atom stereocenters. The fourth-order valence-corrected chi connectivity index (χ4v) is 1.38. The van der Waals surface area contributed by atoms with Crippen molar-refractivity contribution in [3.05, 3.63) is 12.8 Å². The molecule has 0 aromatic heterocycles. The van der Waals surface area contributed by atoms with Crippen LogP contribution in [0, 0.1) is 0 Å². The van der Waals surface area contributed by atoms with E-state index in [1.807, 2.05) is 0 Å². The van der Waals surface area contributed by atoms with Gasteiger partial charge in [0.25, 0.3) is 5.97 Å². The fourth-order valence-electron chi connectivity index (χ4n) is 1.38. The highest BCUT2D eigenvalue weighted by Crippen LogP contribution is 2.08. The molecule has 0 aliphatic heterocycles. The van der Waals surface area contributed by atoms with Gasteiger partial charge in [-0.15, -0.1) is 0 Å². The van der Waals surface area contributed by atoms with Crippen LogP contribution in [0.1, 0.15) is 65.2 Å². The molecule has 4 nitrogen and oxygen atoms in total. The van der Waals surface area contributed by atoms with Gasteiger partial charge in [-0.2, -0.15) is 0 Å². The van der Waals surface area contributed by atoms with Crippen molar-refractivity contribution in [2.24, 2.45) is 0 Å². The lowest BCUT2D eigenvalue weighted by molar-refractivity contribution is -0.138. The number of hydrogen-bond acceptors (Lipinski definition) is 3. The lowest BCUT2D eigenvalue weighted by Gasteiger charge is -2.00. The Balaban J connectivity index is 0. The van der Waals surface area contributed by atoms with Crippen LogP contribution < -0.4 is 0 Å². The van der Waals surface area contributed by atoms with Gasteiger partial charge in [0.15, 0.2) is 0 Å². The van der Waals surface area contributed by atoms with E-state index in [4.69, 9.17) is 9.90 Å². The van der Waals surface area contributed by atoms with Crippen LogP contribution in [0.25, 0.3) is 0 Å². The minimum atomic E-state index is -0.833. The van der Waals surface area contributed by atoms with E-state index in [1.54, 1.807) is 0 Å². The molecule has 0 fully saturated rings. The van der Waals surface area contributed by atoms with Crippen molar-refractivity contribution in [2.45, 2.75) is 65.2 Å². The standard InChI is InChI=1S/C12H22O2.C2H4O2/c1-3-5-6-7-8-9-10-11-12(13)14-4-2;1-2(3)4/h4H,2-3,5-11H2,1H3;1H3,(H,3,4). The van der Waals surface area contributed by atoms with Crippen molar-refractivity contribution in [3.63, 3.8) is 0 Å². The number of hydrogen-bond donors (Lipinski definition) is 1. The number of esters is 1. The molecule has 1 N–H and O–H groups in total. The van der Waals surface area contributed by atoms with E-state index in [9.17, 15) is 4.79 Å². The first-order valence-corrected chi connectivity index (χ1v) is 6.54. The molecule has 0 heterocycles. The summed E-state index contributed by atoms with van der Waals surface area (Å²) < 4.78 is 4.61. The summed E-state index contributed by atoms with van der Waals surface area (Å²) in [4.78, 5) is 19.9. The number of carbonyl (C=O) groups excluding carboxylic acids is 1. The van der Waals surface area contributed by atoms with Gasteiger partial charge in [0.2, 0.25) is 0 Å². The van der Waals surface area contributed by atoms with Crippen LogP contribution >= 0.6 is 0 Å². The first kappa shape index (κ1) is 19.0. The molecule has 4 heteroatoms. The Morgan fingerprint density at radius 2 is 1.56 bits per heavy atom. The molecule has 0 saturated carbocycles. The zero-order chi connectivity index (χ0) is 14.2. The van der Waals surface area contributed by atoms with Crippen LogP contribution in [-0.4, -0.2) is 17.0 Å². The predicted octanol–water partition coefficient (Wildman–Crippen LogP) is 3.90. The Bertz CT molecular complexity index is 220. The number of unbranched alkanes of at least 4 members (excludes halogenated alkanes) is 6. The number of carboxylic acids is 1. The van der Waals surface area contributed by atoms with Gasteiger partial charge < -0.3 is 9.84 Å². The molecule has 18 heavy (non-hydrogen) atoms. The predicted molar refractivity (Wildman–Crippen MR) is 72.2 cm³/mol. The van der Waals surface area contributed by atoms with Crippen LogP contribution in [0.3, 0.4) is 0 Å². The van der Waals surface area contributed by atoms with E-state index in [2.05, 4.69) is 18.2 Å². The summed E-state index contributed by atoms with van der Waals surface area (Å²) in [6, 6.07) is 0. The zero-order valence-corrected chi connectivity index (χ0v) is 11.6. The third-order valence-corrected chi connectivity index (χ3v) is 2.20. The number of carbonyl (C=O) groups is 2. The Hall–Kier alpha value is -1.32. The van der Waals surface area contributed by atoms with Crippen LogP contribution in [-0.2, 0) is 14.3 Å². The van der Waals surface area contributed by atoms with Gasteiger partial charge in [0, 0.05) is 13.3 Å². The maximum Gasteiger partial charge on any atom is 0.310 e. The van der Waals surface area contributed by atoms with Crippen LogP contribution in [0.5, 0.6) is 0 Å². The Morgan fingerprint density at radius 1 is 1.11 bits per heavy atom. The van der Waals surface area contributed by atoms with Gasteiger partial charge in [-0.05, 0) is 6.42 Å². The summed E-state index contributed by atoms with van der Waals surface area (Å²) in [5.74, 6) is -0.992. The maximum absolute atomic E-state index is 10.9. The minimum absolute atomic E-state index is 0.159. The van der Waals surface area contributed by atoms with Crippen molar-refractivity contribution in [1.82, 2.24) is 0 Å². The quantitative estimate of drug-likeness (QED) is 0.387. The van der Waals surface area contributed by atoms with Crippen LogP contribution in [0.4, 0.5) is 0 Å². The van der Waals surface area contributed by atoms with Gasteiger partial charge in [0.05, 0.1) is 6.26 Å². The molecule has 106 valence electrons. The lowest BCUT2D eigenvalue weighted by Crippen LogP contribution is -1.98. The van der Waals surface area contributed by atoms with Crippen molar-refractivity contribution < 1.29 is 19.4 Å². The summed E-state index contributed by atoms with van der Waals surface area (Å²) in [7, 11) is 0. The summed E-state index contributed by atoms with van der Waals surface area (Å²) in [5.41, 5.74) is 0. The first-order valence-electron chi connectivity index (χ1n) is 6.54. The van der Waals surface area contributed by atoms with E-state index in [-0.39, 0.29) is 5.97 Å². The van der Waals surface area contributed by atoms with Gasteiger partial charge in [-0.1, -0.05) is 52.0 Å². The van der Waals surface area contributed by atoms with Crippen LogP contribution in [0.15, 0.2) is 12.8 Å². The second-order valence-electron chi connectivity index (χ2n) is 4.05. The number of ether oxygens (including phenoxy) is 1. The van der Waals surface area contributed by atoms with Crippen molar-refractivity contribution in [3.8, 4) is 0 Å². The Morgan fingerprint density at radius 3 is 2.00 bits per heavy atom. The first-order chi connectivity index (χ1) is 8.54. The van der Waals surface area contributed by atoms with E-state index >= 15 is 0 Å². The molecular formula is C14H26O4. The molecule has 0 aromatic carbocycles. The van der Waals surface area contributed by atoms with Gasteiger partial charge in [-0.3, -0.25) is 9.59 Å². The van der Waals surface area contributed by atoms with Gasteiger partial charge >= 0.3 is 5.97 Å². The molecule has 0 aromatic rings. The molecule has 0 saturated heterocycles. The molecule has 0 aliphatic rings. The average molecular weight is 258 g/mol. The summed E-state index contributed by atoms with van der Waals surface area (Å²) in [6.45, 7) is 6.63. The van der Waals surface area contributed by atoms with Crippen LogP contribution in [0.2, 0.25) is 0 Å². The summed E-state index contributed by atoms with van der Waals surface area (Å²) >= 11 is 0. The van der Waals surface area contributed by atoms with Gasteiger partial charge in [-0.25, -0.2) is 0 Å². The smallest absolute Gasteiger partial charge is 0.310 e. The second-order valence-corrected chi connectivity index (χ2v) is 4.05. The molecule has 0 radical (unpaired) electrons. The Labute approximate surface area is 110 Å². The number of carboxylic acid groups (broad SMARTS) is 1. The fraction of sp³-hybridized carbons (Fsp3) is 0.714. The van der Waals surface area contributed by atoms with Crippen molar-refractivity contribution in [2.75, 3.05) is 0 Å². The van der Waals surface area contributed by atoms with E-state index < -0.39 is 5.97 Å². The Kier molecular flexibility index (Phi) is 16.6. The topological polar surface area (TPSA) is 63.6 Å². The highest BCUT2D eigenvalue weighted by atomic mass is 16.5. The minimum Gasteiger partial charge on any atom is -0.481 e. The highest BCUT2D eigenvalue weighted by Gasteiger charge is 1.99. The maximum atomic E-state index is 10.9. The normalized spacial score (nSPS) is 9.00. The SMILES string of the molecule is C=COC(=O)CCCCCCCCC.CC(=O)O. The number of aliphatic carboxylic acids is 1. The third kappa shape index (κ3) is 24.1. The van der Waals surface area contributed by atoms with Crippen molar-refractivity contribution >= 4 is 11.9 Å². The third-order valence-electron chi connectivity index (χ3n) is 2.20. The lowest BCUT2D eigenvalue weighted by atomic mass is 10.1. The summed E-state index contributed by atoms with van der Waals surface area (Å²) in [6.07, 6.45) is 10.3. The largest absolute Gasteiger partial charge is 0.481 e. The number of rotatable bonds is 9. The summed E-state index contributed by atoms with van der Waals surface area (Å²) in [5, 5.41) is 7.42. The zero-order valence-electron chi connectivity index (χ0n) is 11.6. The second kappa shape index (κ2) is 15.7. The van der Waals surface area contributed by atoms with E-state index in [1.165, 1.54) is 38.4 Å². The average Bonchev–Trinajstić information content (AvgIpc) is 2.27. The van der Waals surface area contributed by atoms with E-state index in [0.29, 0.717) is 6.42 Å². The molecule has 0 bridgehead atoms. The molecular weight excluding hydrogens is 232 g/mol. The van der Waals surface area contributed by atoms with E-state index in [0.717, 1.165) is 19.8 Å². The molecule has 0 aliphatic carbocycles. The monoisotopic (exact) mass is 258 g/mol. The molecule has 0 amide bonds. The van der Waals surface area contributed by atoms with Crippen molar-refractivity contribution in [1.29, 1.82) is 0 Å². The molecule has 0 unspecified atom stereocenters. The molecule has 0 rings (SSSR count).